The van der Waals surface area contributed by atoms with Crippen molar-refractivity contribution >= 4 is 38.6 Å². The SMILES string of the molecule is C#CCOc1cc(Br)c(/C=C(/C#N)c2nc3ccc(F)cc3[nH]2)cc1OCC. The molecule has 1 heterocycles. The Morgan fingerprint density at radius 2 is 2.11 bits per heavy atom. The van der Waals surface area contributed by atoms with Crippen LogP contribution in [-0.4, -0.2) is 23.2 Å². The number of aromatic amines is 1. The molecule has 0 bridgehead atoms. The third kappa shape index (κ3) is 4.16. The van der Waals surface area contributed by atoms with E-state index in [-0.39, 0.29) is 18.0 Å². The molecule has 0 unspecified atom stereocenters. The van der Waals surface area contributed by atoms with Gasteiger partial charge in [0.1, 0.15) is 24.3 Å². The molecule has 28 heavy (non-hydrogen) atoms. The first-order valence-electron chi connectivity index (χ1n) is 8.35. The Bertz CT molecular complexity index is 1140. The molecule has 0 radical (unpaired) electrons. The molecule has 5 nitrogen and oxygen atoms in total. The number of imidazole rings is 1. The van der Waals surface area contributed by atoms with E-state index >= 15 is 0 Å². The van der Waals surface area contributed by atoms with Crippen LogP contribution in [0.2, 0.25) is 0 Å². The van der Waals surface area contributed by atoms with Crippen molar-refractivity contribution in [3.05, 3.63) is 52.0 Å². The van der Waals surface area contributed by atoms with E-state index in [0.717, 1.165) is 0 Å². The van der Waals surface area contributed by atoms with E-state index in [1.807, 2.05) is 6.92 Å². The van der Waals surface area contributed by atoms with Crippen LogP contribution in [0.15, 0.2) is 34.8 Å². The molecule has 1 aromatic heterocycles. The summed E-state index contributed by atoms with van der Waals surface area (Å²) in [6.07, 6.45) is 6.91. The van der Waals surface area contributed by atoms with Crippen LogP contribution in [0.25, 0.3) is 22.7 Å². The Morgan fingerprint density at radius 1 is 1.32 bits per heavy atom. The van der Waals surface area contributed by atoms with Crippen LogP contribution < -0.4 is 9.47 Å². The molecule has 7 heteroatoms. The Morgan fingerprint density at radius 3 is 2.82 bits per heavy atom. The highest BCUT2D eigenvalue weighted by atomic mass is 79.9. The third-order valence-corrected chi connectivity index (χ3v) is 4.48. The van der Waals surface area contributed by atoms with Gasteiger partial charge in [0.2, 0.25) is 0 Å². The Kier molecular flexibility index (Phi) is 5.98. The Hall–Kier alpha value is -3.29. The summed E-state index contributed by atoms with van der Waals surface area (Å²) < 4.78 is 25.2. The van der Waals surface area contributed by atoms with Gasteiger partial charge < -0.3 is 14.5 Å². The van der Waals surface area contributed by atoms with E-state index in [2.05, 4.69) is 37.9 Å². The minimum absolute atomic E-state index is 0.112. The summed E-state index contributed by atoms with van der Waals surface area (Å²) in [6.45, 7) is 2.41. The van der Waals surface area contributed by atoms with Gasteiger partial charge in [0, 0.05) is 4.47 Å². The fraction of sp³-hybridized carbons (Fsp3) is 0.143. The summed E-state index contributed by atoms with van der Waals surface area (Å²) in [5.41, 5.74) is 2.07. The van der Waals surface area contributed by atoms with Gasteiger partial charge >= 0.3 is 0 Å². The summed E-state index contributed by atoms with van der Waals surface area (Å²) in [4.78, 5) is 7.33. The summed E-state index contributed by atoms with van der Waals surface area (Å²) in [6, 6.07) is 9.82. The molecule has 0 amide bonds. The van der Waals surface area contributed by atoms with Crippen molar-refractivity contribution in [1.29, 1.82) is 5.26 Å². The predicted octanol–water partition coefficient (Wildman–Crippen LogP) is 4.94. The summed E-state index contributed by atoms with van der Waals surface area (Å²) >= 11 is 3.48. The molecule has 2 aromatic carbocycles. The van der Waals surface area contributed by atoms with E-state index in [1.165, 1.54) is 12.1 Å². The number of allylic oxidation sites excluding steroid dienone is 1. The first-order valence-corrected chi connectivity index (χ1v) is 9.15. The normalized spacial score (nSPS) is 11.1. The number of nitrogens with zero attached hydrogens (tertiary/aromatic N) is 2. The van der Waals surface area contributed by atoms with E-state index in [4.69, 9.17) is 15.9 Å². The molecule has 0 aliphatic rings. The lowest BCUT2D eigenvalue weighted by molar-refractivity contribution is 0.299. The van der Waals surface area contributed by atoms with Crippen molar-refractivity contribution in [1.82, 2.24) is 9.97 Å². The lowest BCUT2D eigenvalue weighted by Crippen LogP contribution is -2.00. The number of ether oxygens (including phenoxy) is 2. The zero-order chi connectivity index (χ0) is 20.1. The highest BCUT2D eigenvalue weighted by Crippen LogP contribution is 2.35. The minimum Gasteiger partial charge on any atom is -0.490 e. The number of fused-ring (bicyclic) bond motifs is 1. The van der Waals surface area contributed by atoms with Gasteiger partial charge in [-0.25, -0.2) is 9.37 Å². The highest BCUT2D eigenvalue weighted by molar-refractivity contribution is 9.10. The van der Waals surface area contributed by atoms with E-state index in [1.54, 1.807) is 24.3 Å². The number of nitrogens with one attached hydrogen (secondary N) is 1. The van der Waals surface area contributed by atoms with E-state index < -0.39 is 0 Å². The average molecular weight is 440 g/mol. The highest BCUT2D eigenvalue weighted by Gasteiger charge is 2.13. The quantitative estimate of drug-likeness (QED) is 0.436. The number of H-pyrrole nitrogens is 1. The number of terminal acetylenes is 1. The van der Waals surface area contributed by atoms with Crippen LogP contribution in [0.5, 0.6) is 11.5 Å². The molecule has 0 aliphatic carbocycles. The number of rotatable bonds is 6. The van der Waals surface area contributed by atoms with Gasteiger partial charge in [-0.1, -0.05) is 21.9 Å². The van der Waals surface area contributed by atoms with E-state index in [9.17, 15) is 9.65 Å². The molecule has 0 aliphatic heterocycles. The maximum absolute atomic E-state index is 13.4. The second-order valence-corrected chi connectivity index (χ2v) is 6.52. The van der Waals surface area contributed by atoms with Gasteiger partial charge in [-0.2, -0.15) is 5.26 Å². The van der Waals surface area contributed by atoms with Gasteiger partial charge in [0.25, 0.3) is 0 Å². The molecule has 3 rings (SSSR count). The molecule has 0 saturated heterocycles. The summed E-state index contributed by atoms with van der Waals surface area (Å²) in [5.74, 6) is 3.39. The number of nitriles is 1. The van der Waals surface area contributed by atoms with Gasteiger partial charge in [0.05, 0.1) is 23.2 Å². The first kappa shape index (κ1) is 19.5. The molecular weight excluding hydrogens is 425 g/mol. The van der Waals surface area contributed by atoms with Crippen molar-refractivity contribution in [2.45, 2.75) is 6.92 Å². The fourth-order valence-electron chi connectivity index (χ4n) is 2.58. The molecule has 0 saturated carbocycles. The van der Waals surface area contributed by atoms with Crippen LogP contribution in [-0.2, 0) is 0 Å². The largest absolute Gasteiger partial charge is 0.490 e. The average Bonchev–Trinajstić information content (AvgIpc) is 3.09. The second kappa shape index (κ2) is 8.60. The van der Waals surface area contributed by atoms with Crippen molar-refractivity contribution in [3.8, 4) is 29.9 Å². The number of hydrogen-bond donors (Lipinski definition) is 1. The molecular formula is C21H15BrFN3O2. The Balaban J connectivity index is 2.04. The standard InChI is InChI=1S/C21H15BrFN3O2/c1-3-7-28-20-11-16(22)13(9-19(20)27-4-2)8-14(12-24)21-25-17-6-5-15(23)10-18(17)26-21/h1,5-6,8-11H,4,7H2,2H3,(H,25,26)/b14-8-. The monoisotopic (exact) mass is 439 g/mol. The van der Waals surface area contributed by atoms with Crippen molar-refractivity contribution < 1.29 is 13.9 Å². The maximum atomic E-state index is 13.4. The third-order valence-electron chi connectivity index (χ3n) is 3.79. The van der Waals surface area contributed by atoms with Crippen molar-refractivity contribution in [3.63, 3.8) is 0 Å². The molecule has 1 N–H and O–H groups in total. The molecule has 3 aromatic rings. The van der Waals surface area contributed by atoms with Crippen LogP contribution >= 0.6 is 15.9 Å². The first-order chi connectivity index (χ1) is 13.5. The molecule has 0 fully saturated rings. The van der Waals surface area contributed by atoms with Crippen LogP contribution in [0.1, 0.15) is 18.3 Å². The van der Waals surface area contributed by atoms with Crippen molar-refractivity contribution in [2.75, 3.05) is 13.2 Å². The lowest BCUT2D eigenvalue weighted by atomic mass is 10.1. The van der Waals surface area contributed by atoms with Gasteiger partial charge in [-0.15, -0.1) is 6.42 Å². The maximum Gasteiger partial charge on any atom is 0.163 e. The molecule has 0 atom stereocenters. The zero-order valence-corrected chi connectivity index (χ0v) is 16.5. The number of hydrogen-bond acceptors (Lipinski definition) is 4. The minimum atomic E-state index is -0.378. The van der Waals surface area contributed by atoms with E-state index in [0.29, 0.717) is 45.0 Å². The second-order valence-electron chi connectivity index (χ2n) is 5.66. The zero-order valence-electron chi connectivity index (χ0n) is 14.9. The van der Waals surface area contributed by atoms with Gasteiger partial charge in [0.15, 0.2) is 11.5 Å². The van der Waals surface area contributed by atoms with Crippen molar-refractivity contribution in [2.24, 2.45) is 0 Å². The summed E-state index contributed by atoms with van der Waals surface area (Å²) in [5, 5.41) is 9.61. The van der Waals surface area contributed by atoms with Crippen LogP contribution in [0.4, 0.5) is 4.39 Å². The molecule has 140 valence electrons. The lowest BCUT2D eigenvalue weighted by Gasteiger charge is -2.12. The fourth-order valence-corrected chi connectivity index (χ4v) is 3.02. The van der Waals surface area contributed by atoms with Gasteiger partial charge in [-0.05, 0) is 48.9 Å². The topological polar surface area (TPSA) is 70.9 Å². The summed E-state index contributed by atoms with van der Waals surface area (Å²) in [7, 11) is 0. The predicted molar refractivity (Wildman–Crippen MR) is 109 cm³/mol. The smallest absolute Gasteiger partial charge is 0.163 e. The van der Waals surface area contributed by atoms with Crippen LogP contribution in [0, 0.1) is 29.5 Å². The number of aromatic nitrogens is 2. The Labute approximate surface area is 169 Å². The number of halogens is 2. The van der Waals surface area contributed by atoms with Gasteiger partial charge in [-0.3, -0.25) is 0 Å². The van der Waals surface area contributed by atoms with Crippen LogP contribution in [0.3, 0.4) is 0 Å². The molecule has 0 spiro atoms. The number of benzene rings is 2.